The number of nitrogens with one attached hydrogen (secondary N) is 1. The topological polar surface area (TPSA) is 79.7 Å². The summed E-state index contributed by atoms with van der Waals surface area (Å²) in [7, 11) is 3.61. The highest BCUT2D eigenvalue weighted by Gasteiger charge is 2.21. The summed E-state index contributed by atoms with van der Waals surface area (Å²) in [6.07, 6.45) is 1.48. The Labute approximate surface area is 197 Å². The second-order valence-electron chi connectivity index (χ2n) is 8.13. The van der Waals surface area contributed by atoms with Crippen LogP contribution in [0, 0.1) is 6.92 Å². The molecule has 1 aliphatic heterocycles. The van der Waals surface area contributed by atoms with Crippen LogP contribution in [0.4, 0.5) is 11.4 Å². The maximum absolute atomic E-state index is 13.0. The molecule has 0 unspecified atom stereocenters. The van der Waals surface area contributed by atoms with Crippen molar-refractivity contribution in [3.63, 3.8) is 0 Å². The maximum Gasteiger partial charge on any atom is 0.294 e. The van der Waals surface area contributed by atoms with Crippen LogP contribution in [0.2, 0.25) is 5.02 Å². The van der Waals surface area contributed by atoms with E-state index in [4.69, 9.17) is 16.3 Å². The summed E-state index contributed by atoms with van der Waals surface area (Å²) in [5.74, 6) is 0.784. The number of piperazine rings is 1. The number of ether oxygens (including phenoxy) is 1. The van der Waals surface area contributed by atoms with Gasteiger partial charge in [-0.15, -0.1) is 0 Å². The Bertz CT molecular complexity index is 1240. The number of hydrogen-bond acceptors (Lipinski definition) is 6. The molecule has 33 heavy (non-hydrogen) atoms. The fourth-order valence-electron chi connectivity index (χ4n) is 3.59. The van der Waals surface area contributed by atoms with Gasteiger partial charge in [0.05, 0.1) is 6.20 Å². The molecule has 2 aromatic carbocycles. The molecule has 1 aromatic heterocycles. The van der Waals surface area contributed by atoms with Gasteiger partial charge >= 0.3 is 0 Å². The highest BCUT2D eigenvalue weighted by atomic mass is 35.5. The van der Waals surface area contributed by atoms with Gasteiger partial charge in [-0.25, -0.2) is 4.68 Å². The number of hydrogen-bond donors (Lipinski definition) is 1. The molecule has 1 aliphatic rings. The van der Waals surface area contributed by atoms with Crippen molar-refractivity contribution in [2.75, 3.05) is 38.5 Å². The lowest BCUT2D eigenvalue weighted by Crippen LogP contribution is -2.47. The molecule has 1 N–H and O–H groups in total. The summed E-state index contributed by atoms with van der Waals surface area (Å²) in [6, 6.07) is 12.4. The van der Waals surface area contributed by atoms with Gasteiger partial charge in [-0.05, 0) is 55.9 Å². The summed E-state index contributed by atoms with van der Waals surface area (Å²) in [5, 5.41) is 7.84. The van der Waals surface area contributed by atoms with Crippen LogP contribution in [0.15, 0.2) is 53.5 Å². The molecule has 9 heteroatoms. The Balaban J connectivity index is 1.60. The van der Waals surface area contributed by atoms with Crippen molar-refractivity contribution in [3.05, 3.63) is 75.2 Å². The number of benzene rings is 2. The molecule has 0 bridgehead atoms. The third-order valence-corrected chi connectivity index (χ3v) is 6.05. The molecule has 172 valence electrons. The third kappa shape index (κ3) is 5.18. The molecule has 8 nitrogen and oxygen atoms in total. The Morgan fingerprint density at radius 2 is 1.85 bits per heavy atom. The number of nitrogens with zero attached hydrogens (tertiary/aromatic N) is 4. The number of amides is 1. The number of carbonyl (C=O) groups excluding carboxylic acids is 1. The zero-order chi connectivity index (χ0) is 23.5. The van der Waals surface area contributed by atoms with Crippen molar-refractivity contribution < 1.29 is 9.53 Å². The molecule has 1 saturated heterocycles. The van der Waals surface area contributed by atoms with Crippen LogP contribution in [-0.2, 0) is 7.05 Å². The van der Waals surface area contributed by atoms with E-state index in [2.05, 4.69) is 15.3 Å². The lowest BCUT2D eigenvalue weighted by molar-refractivity contribution is 0.0664. The maximum atomic E-state index is 13.0. The van der Waals surface area contributed by atoms with Crippen molar-refractivity contribution in [2.24, 2.45) is 7.05 Å². The quantitative estimate of drug-likeness (QED) is 0.616. The van der Waals surface area contributed by atoms with E-state index in [9.17, 15) is 9.59 Å². The molecule has 2 heterocycles. The van der Waals surface area contributed by atoms with Crippen LogP contribution >= 0.6 is 11.6 Å². The molecule has 3 aromatic rings. The standard InChI is InChI=1S/C24H26ClN5O3/c1-16-13-19(7-8-20(16)25)33-21-15-26-29(3)24(32)22(21)27-18-6-4-5-17(14-18)23(31)30-11-9-28(2)10-12-30/h4-8,13-15,27H,9-12H2,1-3H3. The Hall–Kier alpha value is -3.36. The van der Waals surface area contributed by atoms with E-state index in [1.54, 1.807) is 49.5 Å². The predicted octanol–water partition coefficient (Wildman–Crippen LogP) is 3.67. The van der Waals surface area contributed by atoms with Crippen LogP contribution in [0.1, 0.15) is 15.9 Å². The van der Waals surface area contributed by atoms with Crippen molar-refractivity contribution in [2.45, 2.75) is 6.92 Å². The molecule has 0 saturated carbocycles. The smallest absolute Gasteiger partial charge is 0.294 e. The third-order valence-electron chi connectivity index (χ3n) is 5.63. The average molecular weight is 468 g/mol. The molecule has 1 fully saturated rings. The molecule has 4 rings (SSSR count). The molecule has 0 aliphatic carbocycles. The van der Waals surface area contributed by atoms with Gasteiger partial charge in [-0.3, -0.25) is 9.59 Å². The first kappa shape index (κ1) is 22.8. The number of carbonyl (C=O) groups is 1. The fraction of sp³-hybridized carbons (Fsp3) is 0.292. The van der Waals surface area contributed by atoms with Crippen molar-refractivity contribution in [1.29, 1.82) is 0 Å². The zero-order valence-electron chi connectivity index (χ0n) is 18.8. The predicted molar refractivity (Wildman–Crippen MR) is 129 cm³/mol. The summed E-state index contributed by atoms with van der Waals surface area (Å²) in [5.41, 5.74) is 1.90. The van der Waals surface area contributed by atoms with Gasteiger partial charge in [0.25, 0.3) is 11.5 Å². The molecule has 0 radical (unpaired) electrons. The number of anilines is 2. The number of rotatable bonds is 5. The highest BCUT2D eigenvalue weighted by Crippen LogP contribution is 2.30. The normalized spacial score (nSPS) is 14.2. The van der Waals surface area contributed by atoms with E-state index in [-0.39, 0.29) is 22.9 Å². The lowest BCUT2D eigenvalue weighted by atomic mass is 10.1. The summed E-state index contributed by atoms with van der Waals surface area (Å²) in [6.45, 7) is 4.95. The summed E-state index contributed by atoms with van der Waals surface area (Å²) >= 11 is 6.10. The largest absolute Gasteiger partial charge is 0.453 e. The molecule has 0 atom stereocenters. The first-order valence-corrected chi connectivity index (χ1v) is 11.0. The van der Waals surface area contributed by atoms with E-state index < -0.39 is 0 Å². The monoisotopic (exact) mass is 467 g/mol. The highest BCUT2D eigenvalue weighted by molar-refractivity contribution is 6.31. The van der Waals surface area contributed by atoms with E-state index in [1.165, 1.54) is 10.9 Å². The van der Waals surface area contributed by atoms with E-state index in [0.717, 1.165) is 18.7 Å². The van der Waals surface area contributed by atoms with Gasteiger partial charge in [0, 0.05) is 49.5 Å². The molecule has 1 amide bonds. The van der Waals surface area contributed by atoms with Crippen LogP contribution in [-0.4, -0.2) is 58.7 Å². The van der Waals surface area contributed by atoms with E-state index >= 15 is 0 Å². The molecule has 0 spiro atoms. The van der Waals surface area contributed by atoms with Gasteiger partial charge in [-0.1, -0.05) is 17.7 Å². The molecular weight excluding hydrogens is 442 g/mol. The summed E-state index contributed by atoms with van der Waals surface area (Å²) in [4.78, 5) is 29.9. The van der Waals surface area contributed by atoms with Gasteiger partial charge in [0.2, 0.25) is 0 Å². The number of likely N-dealkylation sites (N-methyl/N-ethyl adjacent to an activating group) is 1. The van der Waals surface area contributed by atoms with Crippen LogP contribution < -0.4 is 15.6 Å². The average Bonchev–Trinajstić information content (AvgIpc) is 2.81. The fourth-order valence-corrected chi connectivity index (χ4v) is 3.71. The number of halogens is 1. The van der Waals surface area contributed by atoms with Crippen LogP contribution in [0.25, 0.3) is 0 Å². The second kappa shape index (κ2) is 9.64. The number of aryl methyl sites for hydroxylation is 2. The molecular formula is C24H26ClN5O3. The minimum Gasteiger partial charge on any atom is -0.453 e. The van der Waals surface area contributed by atoms with Gasteiger partial charge in [0.15, 0.2) is 11.4 Å². The Morgan fingerprint density at radius 1 is 1.09 bits per heavy atom. The van der Waals surface area contributed by atoms with Crippen molar-refractivity contribution in [1.82, 2.24) is 19.6 Å². The van der Waals surface area contributed by atoms with Crippen LogP contribution in [0.3, 0.4) is 0 Å². The zero-order valence-corrected chi connectivity index (χ0v) is 19.6. The minimum atomic E-state index is -0.353. The second-order valence-corrected chi connectivity index (χ2v) is 8.53. The van der Waals surface area contributed by atoms with Gasteiger partial charge < -0.3 is 19.9 Å². The van der Waals surface area contributed by atoms with Gasteiger partial charge in [0.1, 0.15) is 5.75 Å². The van der Waals surface area contributed by atoms with E-state index in [0.29, 0.717) is 35.1 Å². The van der Waals surface area contributed by atoms with Crippen molar-refractivity contribution >= 4 is 28.9 Å². The van der Waals surface area contributed by atoms with Crippen molar-refractivity contribution in [3.8, 4) is 11.5 Å². The number of aromatic nitrogens is 2. The van der Waals surface area contributed by atoms with Crippen LogP contribution in [0.5, 0.6) is 11.5 Å². The lowest BCUT2D eigenvalue weighted by Gasteiger charge is -2.32. The first-order valence-electron chi connectivity index (χ1n) is 10.7. The minimum absolute atomic E-state index is 0.0255. The summed E-state index contributed by atoms with van der Waals surface area (Å²) < 4.78 is 7.18. The first-order chi connectivity index (χ1) is 15.8. The Morgan fingerprint density at radius 3 is 2.58 bits per heavy atom. The van der Waals surface area contributed by atoms with Gasteiger partial charge in [-0.2, -0.15) is 5.10 Å². The SMILES string of the molecule is Cc1cc(Oc2cnn(C)c(=O)c2Nc2cccc(C(=O)N3CCN(C)CC3)c2)ccc1Cl. The Kier molecular flexibility index (Phi) is 6.67. The van der Waals surface area contributed by atoms with E-state index in [1.807, 2.05) is 18.9 Å².